The monoisotopic (exact) mass is 501 g/mol. The summed E-state index contributed by atoms with van der Waals surface area (Å²) in [5.41, 5.74) is 4.56. The lowest BCUT2D eigenvalue weighted by molar-refractivity contribution is -0.134. The summed E-state index contributed by atoms with van der Waals surface area (Å²) in [5.74, 6) is 0.198. The maximum atomic E-state index is 13.4. The van der Waals surface area contributed by atoms with Crippen molar-refractivity contribution in [2.45, 2.75) is 38.6 Å². The molecule has 6 heteroatoms. The molecule has 0 N–H and O–H groups in total. The number of carbonyl (C=O) groups is 2. The molecule has 3 aromatic rings. The molecule has 5 nitrogen and oxygen atoms in total. The van der Waals surface area contributed by atoms with Crippen LogP contribution in [0.15, 0.2) is 66.0 Å². The molecule has 0 spiro atoms. The van der Waals surface area contributed by atoms with E-state index in [0.29, 0.717) is 38.3 Å². The van der Waals surface area contributed by atoms with Crippen molar-refractivity contribution in [3.63, 3.8) is 0 Å². The van der Waals surface area contributed by atoms with E-state index in [4.69, 9.17) is 0 Å². The molecule has 5 rings (SSSR count). The van der Waals surface area contributed by atoms with Crippen molar-refractivity contribution in [2.75, 3.05) is 39.3 Å². The lowest BCUT2D eigenvalue weighted by atomic mass is 9.86. The van der Waals surface area contributed by atoms with Crippen molar-refractivity contribution in [2.24, 2.45) is 0 Å². The van der Waals surface area contributed by atoms with Crippen LogP contribution in [-0.2, 0) is 16.6 Å². The molecule has 36 heavy (non-hydrogen) atoms. The molecule has 1 fully saturated rings. The van der Waals surface area contributed by atoms with Crippen LogP contribution < -0.4 is 0 Å². The highest BCUT2D eigenvalue weighted by Crippen LogP contribution is 2.37. The third kappa shape index (κ3) is 5.11. The van der Waals surface area contributed by atoms with Crippen LogP contribution in [0.5, 0.6) is 0 Å². The first-order valence-corrected chi connectivity index (χ1v) is 13.7. The molecule has 188 valence electrons. The zero-order valence-electron chi connectivity index (χ0n) is 21.4. The Hall–Kier alpha value is -2.96. The molecule has 2 aliphatic rings. The molecule has 1 atom stereocenters. The number of rotatable bonds is 4. The summed E-state index contributed by atoms with van der Waals surface area (Å²) in [7, 11) is 0. The highest BCUT2D eigenvalue weighted by Gasteiger charge is 2.33. The molecule has 1 saturated heterocycles. The molecule has 0 aliphatic carbocycles. The van der Waals surface area contributed by atoms with Crippen molar-refractivity contribution in [3.8, 4) is 0 Å². The fourth-order valence-corrected chi connectivity index (χ4v) is 6.20. The number of nitrogens with zero attached hydrogens (tertiary/aromatic N) is 3. The highest BCUT2D eigenvalue weighted by molar-refractivity contribution is 7.10. The average molecular weight is 502 g/mol. The van der Waals surface area contributed by atoms with Crippen LogP contribution in [0.25, 0.3) is 0 Å². The van der Waals surface area contributed by atoms with E-state index >= 15 is 0 Å². The molecule has 1 aromatic heterocycles. The first kappa shape index (κ1) is 24.7. The summed E-state index contributed by atoms with van der Waals surface area (Å²) in [6, 6.07) is 20.8. The summed E-state index contributed by atoms with van der Waals surface area (Å²) in [5, 5.41) is 2.17. The lowest BCUT2D eigenvalue weighted by Crippen LogP contribution is -2.53. The molecule has 2 aliphatic heterocycles. The van der Waals surface area contributed by atoms with Gasteiger partial charge in [0.1, 0.15) is 0 Å². The van der Waals surface area contributed by atoms with E-state index in [0.717, 1.165) is 13.0 Å². The van der Waals surface area contributed by atoms with Crippen molar-refractivity contribution in [3.05, 3.63) is 93.2 Å². The average Bonchev–Trinajstić information content (AvgIpc) is 3.37. The molecule has 3 heterocycles. The number of amides is 2. The van der Waals surface area contributed by atoms with Gasteiger partial charge >= 0.3 is 0 Å². The molecule has 2 amide bonds. The minimum atomic E-state index is 0.0488. The predicted molar refractivity (Wildman–Crippen MR) is 146 cm³/mol. The van der Waals surface area contributed by atoms with Gasteiger partial charge < -0.3 is 9.80 Å². The normalized spacial score (nSPS) is 18.7. The van der Waals surface area contributed by atoms with Crippen LogP contribution in [0.3, 0.4) is 0 Å². The van der Waals surface area contributed by atoms with Gasteiger partial charge in [-0.3, -0.25) is 14.5 Å². The van der Waals surface area contributed by atoms with E-state index in [1.807, 2.05) is 51.5 Å². The van der Waals surface area contributed by atoms with E-state index in [1.165, 1.54) is 21.6 Å². The van der Waals surface area contributed by atoms with Gasteiger partial charge in [0.15, 0.2) is 0 Å². The van der Waals surface area contributed by atoms with Crippen LogP contribution in [-0.4, -0.2) is 65.8 Å². The van der Waals surface area contributed by atoms with Crippen LogP contribution >= 0.6 is 11.3 Å². The molecule has 0 bridgehead atoms. The molecule has 0 saturated carbocycles. The van der Waals surface area contributed by atoms with E-state index in [-0.39, 0.29) is 23.3 Å². The Morgan fingerprint density at radius 1 is 0.861 bits per heavy atom. The van der Waals surface area contributed by atoms with Gasteiger partial charge in [-0.2, -0.15) is 0 Å². The van der Waals surface area contributed by atoms with Gasteiger partial charge in [-0.05, 0) is 52.1 Å². The van der Waals surface area contributed by atoms with Crippen molar-refractivity contribution in [1.29, 1.82) is 0 Å². The largest absolute Gasteiger partial charge is 0.338 e. The fourth-order valence-electron chi connectivity index (χ4n) is 5.29. The molecule has 2 aromatic carbocycles. The topological polar surface area (TPSA) is 43.9 Å². The van der Waals surface area contributed by atoms with Gasteiger partial charge in [0.2, 0.25) is 5.91 Å². The van der Waals surface area contributed by atoms with E-state index < -0.39 is 0 Å². The molecular weight excluding hydrogens is 466 g/mol. The van der Waals surface area contributed by atoms with Gasteiger partial charge in [-0.15, -0.1) is 11.3 Å². The summed E-state index contributed by atoms with van der Waals surface area (Å²) in [4.78, 5) is 34.0. The Morgan fingerprint density at radius 2 is 1.53 bits per heavy atom. The fraction of sp³-hybridized carbons (Fsp3) is 0.400. The highest BCUT2D eigenvalue weighted by atomic mass is 32.1. The predicted octanol–water partition coefficient (Wildman–Crippen LogP) is 4.98. The summed E-state index contributed by atoms with van der Waals surface area (Å²) >= 11 is 1.82. The Balaban J connectivity index is 1.21. The van der Waals surface area contributed by atoms with E-state index in [9.17, 15) is 9.59 Å². The third-order valence-electron chi connectivity index (χ3n) is 7.44. The Bertz CT molecular complexity index is 1200. The second-order valence-corrected chi connectivity index (χ2v) is 11.8. The summed E-state index contributed by atoms with van der Waals surface area (Å²) in [6.45, 7) is 10.1. The molecule has 0 radical (unpaired) electrons. The van der Waals surface area contributed by atoms with E-state index in [1.54, 1.807) is 0 Å². The van der Waals surface area contributed by atoms with Gasteiger partial charge in [0.25, 0.3) is 5.91 Å². The van der Waals surface area contributed by atoms with Gasteiger partial charge in [-0.25, -0.2) is 0 Å². The zero-order chi connectivity index (χ0) is 25.3. The smallest absolute Gasteiger partial charge is 0.253 e. The van der Waals surface area contributed by atoms with Crippen molar-refractivity contribution in [1.82, 2.24) is 14.7 Å². The lowest BCUT2D eigenvalue weighted by Gasteiger charge is -2.39. The number of thiophene rings is 1. The third-order valence-corrected chi connectivity index (χ3v) is 8.43. The SMILES string of the molecule is CC(C)(C)c1ccc(C(=O)N2CCN(C(=O)CN3CCc4sccc4[C@@H]3c3ccccc3)CC2)cc1. The quantitative estimate of drug-likeness (QED) is 0.507. The number of piperazine rings is 1. The number of hydrogen-bond acceptors (Lipinski definition) is 4. The number of carbonyl (C=O) groups excluding carboxylic acids is 2. The van der Waals surface area contributed by atoms with Gasteiger partial charge in [0, 0.05) is 43.2 Å². The number of benzene rings is 2. The maximum absolute atomic E-state index is 13.4. The molecular formula is C30H35N3O2S. The van der Waals surface area contributed by atoms with Crippen molar-refractivity contribution < 1.29 is 9.59 Å². The van der Waals surface area contributed by atoms with Crippen LogP contribution in [0, 0.1) is 0 Å². The summed E-state index contributed by atoms with van der Waals surface area (Å²) < 4.78 is 0. The van der Waals surface area contributed by atoms with Crippen LogP contribution in [0.2, 0.25) is 0 Å². The van der Waals surface area contributed by atoms with Crippen LogP contribution in [0.4, 0.5) is 0 Å². The molecule has 0 unspecified atom stereocenters. The van der Waals surface area contributed by atoms with E-state index in [2.05, 4.69) is 61.4 Å². The zero-order valence-corrected chi connectivity index (χ0v) is 22.3. The second kappa shape index (κ2) is 10.2. The Labute approximate surface area is 218 Å². The minimum absolute atomic E-state index is 0.0488. The number of fused-ring (bicyclic) bond motifs is 1. The van der Waals surface area contributed by atoms with Crippen molar-refractivity contribution >= 4 is 23.2 Å². The Morgan fingerprint density at radius 3 is 2.19 bits per heavy atom. The van der Waals surface area contributed by atoms with Crippen LogP contribution in [0.1, 0.15) is 58.7 Å². The first-order valence-electron chi connectivity index (χ1n) is 12.8. The standard InChI is InChI=1S/C30H35N3O2S/c1-30(2,3)24-11-9-23(10-12-24)29(35)32-18-16-31(17-19-32)27(34)21-33-15-13-26-25(14-20-36-26)28(33)22-7-5-4-6-8-22/h4-12,14,20,28H,13,15-19,21H2,1-3H3/t28-/m0/s1. The van der Waals surface area contributed by atoms with Gasteiger partial charge in [-0.1, -0.05) is 63.2 Å². The number of hydrogen-bond donors (Lipinski definition) is 0. The maximum Gasteiger partial charge on any atom is 0.253 e. The first-order chi connectivity index (χ1) is 17.3. The summed E-state index contributed by atoms with van der Waals surface area (Å²) in [6.07, 6.45) is 0.986. The second-order valence-electron chi connectivity index (χ2n) is 10.8. The minimum Gasteiger partial charge on any atom is -0.338 e. The van der Waals surface area contributed by atoms with Gasteiger partial charge in [0.05, 0.1) is 12.6 Å². The Kier molecular flexibility index (Phi) is 7.00.